The van der Waals surface area contributed by atoms with Gasteiger partial charge in [0, 0.05) is 43.6 Å². The summed E-state index contributed by atoms with van der Waals surface area (Å²) >= 11 is 0. The lowest BCUT2D eigenvalue weighted by Crippen LogP contribution is -2.52. The second-order valence-electron chi connectivity index (χ2n) is 5.84. The maximum atomic E-state index is 11.2. The molecule has 0 amide bonds. The van der Waals surface area contributed by atoms with E-state index in [0.717, 1.165) is 37.4 Å². The van der Waals surface area contributed by atoms with Gasteiger partial charge in [-0.05, 0) is 38.7 Å². The number of aryl methyl sites for hydroxylation is 1. The predicted molar refractivity (Wildman–Crippen MR) is 85.0 cm³/mol. The quantitative estimate of drug-likeness (QED) is 0.716. The summed E-state index contributed by atoms with van der Waals surface area (Å²) in [7, 11) is 4.24. The molecule has 0 bridgehead atoms. The first-order valence-electron chi connectivity index (χ1n) is 7.14. The third-order valence-corrected chi connectivity index (χ3v) is 4.14. The molecule has 21 heavy (non-hydrogen) atoms. The van der Waals surface area contributed by atoms with Crippen LogP contribution >= 0.6 is 0 Å². The fraction of sp³-hybridized carbons (Fsp3) is 0.533. The monoisotopic (exact) mass is 292 g/mol. The van der Waals surface area contributed by atoms with Crippen molar-refractivity contribution in [1.82, 2.24) is 9.80 Å². The molecule has 0 aromatic heterocycles. The predicted octanol–water partition coefficient (Wildman–Crippen LogP) is 0.933. The van der Waals surface area contributed by atoms with E-state index in [9.17, 15) is 9.90 Å². The summed E-state index contributed by atoms with van der Waals surface area (Å²) in [5.41, 5.74) is 7.89. The Kier molecular flexibility index (Phi) is 4.69. The molecule has 1 atom stereocenters. The number of nitrogens with two attached hydrogens (primary N) is 1. The summed E-state index contributed by atoms with van der Waals surface area (Å²) in [5.74, 6) is -0.992. The second kappa shape index (κ2) is 6.32. The fourth-order valence-corrected chi connectivity index (χ4v) is 2.63. The molecule has 0 saturated carbocycles. The Hall–Kier alpha value is -1.79. The van der Waals surface area contributed by atoms with Gasteiger partial charge in [-0.3, -0.25) is 4.90 Å². The number of benzene rings is 1. The third kappa shape index (κ3) is 3.65. The van der Waals surface area contributed by atoms with Crippen LogP contribution in [-0.2, 0) is 0 Å². The average molecular weight is 292 g/mol. The molecule has 1 unspecified atom stereocenters. The number of anilines is 2. The Morgan fingerprint density at radius 2 is 2.14 bits per heavy atom. The molecule has 6 heteroatoms. The fourth-order valence-electron chi connectivity index (χ4n) is 2.63. The number of hydrogen-bond acceptors (Lipinski definition) is 5. The van der Waals surface area contributed by atoms with Gasteiger partial charge < -0.3 is 21.1 Å². The number of likely N-dealkylation sites (N-methyl/N-ethyl adjacent to an activating group) is 2. The highest BCUT2D eigenvalue weighted by Crippen LogP contribution is 2.23. The molecule has 0 aliphatic carbocycles. The number of carboxylic acid groups (broad SMARTS) is 1. The molecule has 1 saturated heterocycles. The molecule has 4 N–H and O–H groups in total. The number of aromatic carboxylic acids is 1. The van der Waals surface area contributed by atoms with E-state index in [-0.39, 0.29) is 5.56 Å². The first-order chi connectivity index (χ1) is 9.88. The summed E-state index contributed by atoms with van der Waals surface area (Å²) in [6.45, 7) is 5.74. The molecule has 116 valence electrons. The van der Waals surface area contributed by atoms with Crippen LogP contribution in [0.3, 0.4) is 0 Å². The van der Waals surface area contributed by atoms with Gasteiger partial charge in [-0.15, -0.1) is 0 Å². The minimum Gasteiger partial charge on any atom is -0.478 e. The van der Waals surface area contributed by atoms with Crippen LogP contribution in [0.2, 0.25) is 0 Å². The van der Waals surface area contributed by atoms with Crippen molar-refractivity contribution in [2.75, 3.05) is 51.3 Å². The zero-order valence-electron chi connectivity index (χ0n) is 12.9. The summed E-state index contributed by atoms with van der Waals surface area (Å²) in [4.78, 5) is 15.8. The van der Waals surface area contributed by atoms with E-state index in [1.807, 2.05) is 13.0 Å². The van der Waals surface area contributed by atoms with Gasteiger partial charge in [-0.25, -0.2) is 4.79 Å². The molecule has 1 aliphatic heterocycles. The van der Waals surface area contributed by atoms with Crippen LogP contribution in [-0.4, -0.2) is 67.2 Å². The molecule has 1 aliphatic rings. The van der Waals surface area contributed by atoms with Crippen molar-refractivity contribution >= 4 is 17.3 Å². The Morgan fingerprint density at radius 1 is 1.43 bits per heavy atom. The zero-order chi connectivity index (χ0) is 15.6. The first-order valence-corrected chi connectivity index (χ1v) is 7.14. The SMILES string of the molecule is Cc1cc(NCC2CN(C)CCN2C)cc(C(=O)O)c1N. The van der Waals surface area contributed by atoms with Gasteiger partial charge in [0.15, 0.2) is 0 Å². The van der Waals surface area contributed by atoms with Crippen molar-refractivity contribution in [3.05, 3.63) is 23.3 Å². The molecule has 6 nitrogen and oxygen atoms in total. The van der Waals surface area contributed by atoms with Crippen molar-refractivity contribution in [2.24, 2.45) is 0 Å². The van der Waals surface area contributed by atoms with Crippen molar-refractivity contribution in [2.45, 2.75) is 13.0 Å². The van der Waals surface area contributed by atoms with Crippen LogP contribution in [0.25, 0.3) is 0 Å². The molecule has 0 spiro atoms. The lowest BCUT2D eigenvalue weighted by molar-refractivity contribution is 0.0698. The van der Waals surface area contributed by atoms with Crippen LogP contribution in [0, 0.1) is 6.92 Å². The molecule has 1 aromatic carbocycles. The molecule has 1 fully saturated rings. The van der Waals surface area contributed by atoms with E-state index < -0.39 is 5.97 Å². The van der Waals surface area contributed by atoms with Crippen LogP contribution < -0.4 is 11.1 Å². The summed E-state index contributed by atoms with van der Waals surface area (Å²) < 4.78 is 0. The topological polar surface area (TPSA) is 81.8 Å². The number of nitrogen functional groups attached to an aromatic ring is 1. The highest BCUT2D eigenvalue weighted by atomic mass is 16.4. The highest BCUT2D eigenvalue weighted by Gasteiger charge is 2.22. The minimum atomic E-state index is -0.992. The number of rotatable bonds is 4. The van der Waals surface area contributed by atoms with E-state index >= 15 is 0 Å². The van der Waals surface area contributed by atoms with E-state index in [1.165, 1.54) is 0 Å². The number of carbonyl (C=O) groups is 1. The van der Waals surface area contributed by atoms with Crippen LogP contribution in [0.4, 0.5) is 11.4 Å². The third-order valence-electron chi connectivity index (χ3n) is 4.14. The number of nitrogens with zero attached hydrogens (tertiary/aromatic N) is 2. The average Bonchev–Trinajstić information content (AvgIpc) is 2.43. The Morgan fingerprint density at radius 3 is 2.81 bits per heavy atom. The lowest BCUT2D eigenvalue weighted by Gasteiger charge is -2.37. The number of piperazine rings is 1. The van der Waals surface area contributed by atoms with Crippen molar-refractivity contribution in [3.63, 3.8) is 0 Å². The van der Waals surface area contributed by atoms with E-state index in [0.29, 0.717) is 11.7 Å². The van der Waals surface area contributed by atoms with E-state index in [2.05, 4.69) is 29.2 Å². The van der Waals surface area contributed by atoms with Gasteiger partial charge in [0.2, 0.25) is 0 Å². The zero-order valence-corrected chi connectivity index (χ0v) is 12.9. The van der Waals surface area contributed by atoms with Crippen molar-refractivity contribution < 1.29 is 9.90 Å². The van der Waals surface area contributed by atoms with Crippen molar-refractivity contribution in [1.29, 1.82) is 0 Å². The molecule has 1 aromatic rings. The van der Waals surface area contributed by atoms with Crippen LogP contribution in [0.5, 0.6) is 0 Å². The summed E-state index contributed by atoms with van der Waals surface area (Å²) in [5, 5.41) is 12.5. The molecular formula is C15H24N4O2. The van der Waals surface area contributed by atoms with Crippen molar-refractivity contribution in [3.8, 4) is 0 Å². The molecule has 1 heterocycles. The largest absolute Gasteiger partial charge is 0.478 e. The lowest BCUT2D eigenvalue weighted by atomic mass is 10.1. The van der Waals surface area contributed by atoms with Gasteiger partial charge in [-0.2, -0.15) is 0 Å². The van der Waals surface area contributed by atoms with Crippen LogP contribution in [0.15, 0.2) is 12.1 Å². The normalized spacial score (nSPS) is 20.4. The maximum absolute atomic E-state index is 11.2. The Labute approximate surface area is 125 Å². The van der Waals surface area contributed by atoms with Crippen LogP contribution in [0.1, 0.15) is 15.9 Å². The standard InChI is InChI=1S/C15H24N4O2/c1-10-6-11(7-13(14(10)16)15(20)21)17-8-12-9-18(2)4-5-19(12)3/h6-7,12,17H,4-5,8-9,16H2,1-3H3,(H,20,21). The second-order valence-corrected chi connectivity index (χ2v) is 5.84. The summed E-state index contributed by atoms with van der Waals surface area (Å²) in [6.07, 6.45) is 0. The maximum Gasteiger partial charge on any atom is 0.337 e. The number of carboxylic acids is 1. The Bertz CT molecular complexity index is 533. The highest BCUT2D eigenvalue weighted by molar-refractivity contribution is 5.95. The smallest absolute Gasteiger partial charge is 0.337 e. The van der Waals surface area contributed by atoms with E-state index in [4.69, 9.17) is 5.73 Å². The minimum absolute atomic E-state index is 0.159. The number of hydrogen-bond donors (Lipinski definition) is 3. The molecule has 0 radical (unpaired) electrons. The van der Waals surface area contributed by atoms with Gasteiger partial charge in [0.25, 0.3) is 0 Å². The Balaban J connectivity index is 2.08. The number of nitrogens with one attached hydrogen (secondary N) is 1. The van der Waals surface area contributed by atoms with Gasteiger partial charge in [0.05, 0.1) is 5.56 Å². The van der Waals surface area contributed by atoms with Gasteiger partial charge >= 0.3 is 5.97 Å². The molecular weight excluding hydrogens is 268 g/mol. The first kappa shape index (κ1) is 15.6. The summed E-state index contributed by atoms with van der Waals surface area (Å²) in [6, 6.07) is 3.92. The molecule has 2 rings (SSSR count). The van der Waals surface area contributed by atoms with E-state index in [1.54, 1.807) is 6.07 Å². The van der Waals surface area contributed by atoms with Gasteiger partial charge in [-0.1, -0.05) is 0 Å². The van der Waals surface area contributed by atoms with Gasteiger partial charge in [0.1, 0.15) is 0 Å².